The number of methoxy groups -OCH3 is 1. The Kier molecular flexibility index (Phi) is 12.7. The van der Waals surface area contributed by atoms with Gasteiger partial charge in [0.25, 0.3) is 0 Å². The molecule has 7 nitrogen and oxygen atoms in total. The van der Waals surface area contributed by atoms with Gasteiger partial charge >= 0.3 is 0 Å². The summed E-state index contributed by atoms with van der Waals surface area (Å²) in [7, 11) is 3.62. The molecule has 0 aromatic carbocycles. The average Bonchev–Trinajstić information content (AvgIpc) is 3.21. The summed E-state index contributed by atoms with van der Waals surface area (Å²) in [4.78, 5) is 12.3. The number of aryl methyl sites for hydroxylation is 1. The summed E-state index contributed by atoms with van der Waals surface area (Å²) < 4.78 is 16.7. The number of rotatable bonds is 9. The van der Waals surface area contributed by atoms with Crippen molar-refractivity contribution in [3.05, 3.63) is 21.9 Å². The second kappa shape index (κ2) is 14.6. The zero-order chi connectivity index (χ0) is 21.2. The number of hydrogen-bond acceptors (Lipinski definition) is 6. The van der Waals surface area contributed by atoms with Gasteiger partial charge in [0.15, 0.2) is 5.96 Å². The molecular formula is C22H39IN4O3S. The van der Waals surface area contributed by atoms with Gasteiger partial charge in [-0.2, -0.15) is 0 Å². The molecule has 31 heavy (non-hydrogen) atoms. The Labute approximate surface area is 208 Å². The number of nitrogens with one attached hydrogen (secondary N) is 1. The monoisotopic (exact) mass is 566 g/mol. The van der Waals surface area contributed by atoms with Crippen LogP contribution in [0.25, 0.3) is 0 Å². The van der Waals surface area contributed by atoms with E-state index in [0.29, 0.717) is 12.1 Å². The summed E-state index contributed by atoms with van der Waals surface area (Å²) in [6.07, 6.45) is 3.41. The third-order valence-electron chi connectivity index (χ3n) is 5.83. The van der Waals surface area contributed by atoms with E-state index in [1.165, 1.54) is 9.75 Å². The third kappa shape index (κ3) is 8.43. The van der Waals surface area contributed by atoms with Crippen molar-refractivity contribution in [2.75, 3.05) is 73.3 Å². The first-order valence-electron chi connectivity index (χ1n) is 11.2. The first kappa shape index (κ1) is 26.8. The van der Waals surface area contributed by atoms with E-state index in [0.717, 1.165) is 84.4 Å². The molecule has 1 atom stereocenters. The van der Waals surface area contributed by atoms with Gasteiger partial charge in [-0.3, -0.25) is 9.89 Å². The Bertz CT molecular complexity index is 646. The average molecular weight is 567 g/mol. The molecule has 0 bridgehead atoms. The molecule has 0 amide bonds. The minimum absolute atomic E-state index is 0. The van der Waals surface area contributed by atoms with E-state index in [4.69, 9.17) is 14.2 Å². The van der Waals surface area contributed by atoms with Crippen LogP contribution in [-0.2, 0) is 14.2 Å². The SMILES string of the molecule is CN=C(NCC(c1ccc(C)s1)N1CCOCC1)N1CCC(OCCCOC)CC1.I. The summed E-state index contributed by atoms with van der Waals surface area (Å²) in [6.45, 7) is 10.1. The van der Waals surface area contributed by atoms with Gasteiger partial charge in [0.2, 0.25) is 0 Å². The molecule has 2 saturated heterocycles. The van der Waals surface area contributed by atoms with Crippen LogP contribution < -0.4 is 5.32 Å². The first-order chi connectivity index (χ1) is 14.7. The summed E-state index contributed by atoms with van der Waals surface area (Å²) in [6, 6.07) is 4.85. The molecule has 3 rings (SSSR count). The molecule has 1 aromatic heterocycles. The highest BCUT2D eigenvalue weighted by atomic mass is 127. The zero-order valence-corrected chi connectivity index (χ0v) is 22.3. The van der Waals surface area contributed by atoms with E-state index < -0.39 is 0 Å². The van der Waals surface area contributed by atoms with Crippen molar-refractivity contribution >= 4 is 41.3 Å². The van der Waals surface area contributed by atoms with Crippen molar-refractivity contribution in [2.45, 2.75) is 38.3 Å². The Morgan fingerprint density at radius 1 is 1.23 bits per heavy atom. The number of thiophene rings is 1. The third-order valence-corrected chi connectivity index (χ3v) is 6.93. The number of nitrogens with zero attached hydrogens (tertiary/aromatic N) is 3. The molecule has 0 saturated carbocycles. The van der Waals surface area contributed by atoms with Crippen LogP contribution in [0, 0.1) is 6.92 Å². The highest BCUT2D eigenvalue weighted by molar-refractivity contribution is 14.0. The molecule has 178 valence electrons. The lowest BCUT2D eigenvalue weighted by Crippen LogP contribution is -2.50. The second-order valence-corrected chi connectivity index (χ2v) is 9.26. The Morgan fingerprint density at radius 3 is 2.58 bits per heavy atom. The molecule has 1 N–H and O–H groups in total. The summed E-state index contributed by atoms with van der Waals surface area (Å²) >= 11 is 1.89. The molecule has 0 spiro atoms. The van der Waals surface area contributed by atoms with Crippen molar-refractivity contribution in [3.63, 3.8) is 0 Å². The lowest BCUT2D eigenvalue weighted by atomic mass is 10.1. The molecule has 1 unspecified atom stereocenters. The number of ether oxygens (including phenoxy) is 3. The molecule has 1 aromatic rings. The number of hydrogen-bond donors (Lipinski definition) is 1. The smallest absolute Gasteiger partial charge is 0.193 e. The number of morpholine rings is 1. The summed E-state index contributed by atoms with van der Waals surface area (Å²) in [5.74, 6) is 0.999. The molecular weight excluding hydrogens is 527 g/mol. The quantitative estimate of drug-likeness (QED) is 0.215. The van der Waals surface area contributed by atoms with E-state index >= 15 is 0 Å². The van der Waals surface area contributed by atoms with Crippen LogP contribution in [0.2, 0.25) is 0 Å². The van der Waals surface area contributed by atoms with Gasteiger partial charge in [0, 0.05) is 69.8 Å². The Balaban J connectivity index is 0.00000341. The largest absolute Gasteiger partial charge is 0.385 e. The van der Waals surface area contributed by atoms with Gasteiger partial charge in [-0.05, 0) is 38.3 Å². The summed E-state index contributed by atoms with van der Waals surface area (Å²) in [5.41, 5.74) is 0. The highest BCUT2D eigenvalue weighted by Crippen LogP contribution is 2.28. The fourth-order valence-electron chi connectivity index (χ4n) is 4.14. The van der Waals surface area contributed by atoms with Crippen LogP contribution in [0.15, 0.2) is 17.1 Å². The van der Waals surface area contributed by atoms with Gasteiger partial charge < -0.3 is 24.4 Å². The van der Waals surface area contributed by atoms with Crippen molar-refractivity contribution in [1.29, 1.82) is 0 Å². The number of guanidine groups is 1. The summed E-state index contributed by atoms with van der Waals surface area (Å²) in [5, 5.41) is 3.66. The van der Waals surface area contributed by atoms with Crippen LogP contribution in [0.4, 0.5) is 0 Å². The van der Waals surface area contributed by atoms with Crippen molar-refractivity contribution < 1.29 is 14.2 Å². The van der Waals surface area contributed by atoms with Crippen LogP contribution >= 0.6 is 35.3 Å². The van der Waals surface area contributed by atoms with Crippen LogP contribution in [0.1, 0.15) is 35.1 Å². The van der Waals surface area contributed by atoms with Crippen molar-refractivity contribution in [1.82, 2.24) is 15.1 Å². The molecule has 2 aliphatic rings. The minimum atomic E-state index is 0. The number of piperidine rings is 1. The minimum Gasteiger partial charge on any atom is -0.385 e. The van der Waals surface area contributed by atoms with Crippen molar-refractivity contribution in [3.8, 4) is 0 Å². The van der Waals surface area contributed by atoms with Crippen LogP contribution in [0.3, 0.4) is 0 Å². The number of likely N-dealkylation sites (tertiary alicyclic amines) is 1. The van der Waals surface area contributed by atoms with E-state index in [-0.39, 0.29) is 24.0 Å². The molecule has 0 aliphatic carbocycles. The molecule has 9 heteroatoms. The maximum Gasteiger partial charge on any atom is 0.193 e. The predicted octanol–water partition coefficient (Wildman–Crippen LogP) is 3.14. The van der Waals surface area contributed by atoms with Gasteiger partial charge in [0.05, 0.1) is 25.4 Å². The van der Waals surface area contributed by atoms with Crippen molar-refractivity contribution in [2.24, 2.45) is 4.99 Å². The molecule has 3 heterocycles. The molecule has 2 fully saturated rings. The maximum atomic E-state index is 6.00. The topological polar surface area (TPSA) is 58.6 Å². The number of aliphatic imine (C=N–C) groups is 1. The number of halogens is 1. The van der Waals surface area contributed by atoms with Gasteiger partial charge in [-0.25, -0.2) is 0 Å². The van der Waals surface area contributed by atoms with Crippen LogP contribution in [-0.4, -0.2) is 95.2 Å². The van der Waals surface area contributed by atoms with Gasteiger partial charge in [-0.1, -0.05) is 0 Å². The second-order valence-electron chi connectivity index (χ2n) is 7.94. The fraction of sp³-hybridized carbons (Fsp3) is 0.773. The predicted molar refractivity (Wildman–Crippen MR) is 138 cm³/mol. The maximum absolute atomic E-state index is 6.00. The fourth-order valence-corrected chi connectivity index (χ4v) is 5.15. The first-order valence-corrected chi connectivity index (χ1v) is 12.0. The standard InChI is InChI=1S/C22H38N4O3S.HI/c1-18-5-6-21(30-18)20(25-11-15-28-16-12-25)17-24-22(23-2)26-9-7-19(8-10-26)29-14-4-13-27-3;/h5-6,19-20H,4,7-17H2,1-3H3,(H,23,24);1H. The van der Waals surface area contributed by atoms with E-state index in [2.05, 4.69) is 39.2 Å². The highest BCUT2D eigenvalue weighted by Gasteiger charge is 2.26. The molecule has 0 radical (unpaired) electrons. The normalized spacial score (nSPS) is 19.8. The Morgan fingerprint density at radius 2 is 1.97 bits per heavy atom. The van der Waals surface area contributed by atoms with E-state index in [1.54, 1.807) is 7.11 Å². The van der Waals surface area contributed by atoms with Crippen LogP contribution in [0.5, 0.6) is 0 Å². The lowest BCUT2D eigenvalue weighted by molar-refractivity contribution is 0.00934. The van der Waals surface area contributed by atoms with E-state index in [9.17, 15) is 0 Å². The zero-order valence-electron chi connectivity index (χ0n) is 19.2. The Hall–Kier alpha value is -0.460. The molecule has 2 aliphatic heterocycles. The lowest BCUT2D eigenvalue weighted by Gasteiger charge is -2.37. The van der Waals surface area contributed by atoms with Gasteiger partial charge in [0.1, 0.15) is 0 Å². The van der Waals surface area contributed by atoms with Gasteiger partial charge in [-0.15, -0.1) is 35.3 Å². The van der Waals surface area contributed by atoms with E-state index in [1.807, 2.05) is 18.4 Å².